The topological polar surface area (TPSA) is 80.8 Å². The molecule has 0 aliphatic carbocycles. The Morgan fingerprint density at radius 3 is 2.70 bits per heavy atom. The number of hydrogen-bond acceptors (Lipinski definition) is 5. The fourth-order valence-electron chi connectivity index (χ4n) is 2.91. The van der Waals surface area contributed by atoms with Gasteiger partial charge in [0.15, 0.2) is 16.4 Å². The number of ether oxygens (including phenoxy) is 1. The molecule has 1 aliphatic rings. The van der Waals surface area contributed by atoms with Gasteiger partial charge in [-0.2, -0.15) is 0 Å². The summed E-state index contributed by atoms with van der Waals surface area (Å²) in [5.74, 6) is -0.956. The standard InChI is InChI=1S/C19H24ClNO5S/c1-3-9-21(16-8-10-27(24,25)13-16)18(22)12-26-19(23)7-6-15-5-4-14(2)17(20)11-15/h4-7,11,16H,3,8-10,12-13H2,1-2H3/b7-6+/t16-/m1/s1. The summed E-state index contributed by atoms with van der Waals surface area (Å²) in [6.07, 6.45) is 3.92. The number of hydrogen-bond donors (Lipinski definition) is 0. The molecule has 1 saturated heterocycles. The highest BCUT2D eigenvalue weighted by Gasteiger charge is 2.34. The van der Waals surface area contributed by atoms with Gasteiger partial charge in [-0.3, -0.25) is 4.79 Å². The molecule has 6 nitrogen and oxygen atoms in total. The molecule has 1 atom stereocenters. The van der Waals surface area contributed by atoms with Crippen molar-refractivity contribution in [3.05, 3.63) is 40.4 Å². The average molecular weight is 414 g/mol. The number of nitrogens with zero attached hydrogens (tertiary/aromatic N) is 1. The smallest absolute Gasteiger partial charge is 0.331 e. The molecule has 0 unspecified atom stereocenters. The molecule has 1 aromatic carbocycles. The quantitative estimate of drug-likeness (QED) is 0.507. The summed E-state index contributed by atoms with van der Waals surface area (Å²) in [7, 11) is -3.09. The summed E-state index contributed by atoms with van der Waals surface area (Å²) >= 11 is 6.04. The molecule has 0 aromatic heterocycles. The Morgan fingerprint density at radius 2 is 2.11 bits per heavy atom. The molecule has 1 heterocycles. The van der Waals surface area contributed by atoms with Gasteiger partial charge < -0.3 is 9.64 Å². The molecule has 148 valence electrons. The molecule has 2 rings (SSSR count). The van der Waals surface area contributed by atoms with E-state index in [1.165, 1.54) is 11.0 Å². The number of aryl methyl sites for hydroxylation is 1. The van der Waals surface area contributed by atoms with Gasteiger partial charge >= 0.3 is 5.97 Å². The fourth-order valence-corrected chi connectivity index (χ4v) is 4.83. The molecule has 0 bridgehead atoms. The van der Waals surface area contributed by atoms with E-state index in [1.54, 1.807) is 12.1 Å². The SMILES string of the molecule is CCCN(C(=O)COC(=O)/C=C/c1ccc(C)c(Cl)c1)[C@@H]1CCS(=O)(=O)C1. The lowest BCUT2D eigenvalue weighted by molar-refractivity contribution is -0.149. The van der Waals surface area contributed by atoms with Gasteiger partial charge in [-0.25, -0.2) is 13.2 Å². The Kier molecular flexibility index (Phi) is 7.44. The summed E-state index contributed by atoms with van der Waals surface area (Å²) in [4.78, 5) is 25.8. The molecule has 1 amide bonds. The van der Waals surface area contributed by atoms with Crippen LogP contribution in [0.15, 0.2) is 24.3 Å². The van der Waals surface area contributed by atoms with Gasteiger partial charge in [-0.15, -0.1) is 0 Å². The van der Waals surface area contributed by atoms with Crippen LogP contribution in [0, 0.1) is 6.92 Å². The third-order valence-electron chi connectivity index (χ3n) is 4.38. The maximum absolute atomic E-state index is 12.4. The number of amides is 1. The molecule has 8 heteroatoms. The Bertz CT molecular complexity index is 835. The van der Waals surface area contributed by atoms with Gasteiger partial charge in [0.2, 0.25) is 0 Å². The van der Waals surface area contributed by atoms with Crippen molar-refractivity contribution in [2.75, 3.05) is 24.7 Å². The molecular weight excluding hydrogens is 390 g/mol. The van der Waals surface area contributed by atoms with Crippen LogP contribution in [-0.4, -0.2) is 55.9 Å². The van der Waals surface area contributed by atoms with E-state index < -0.39 is 22.4 Å². The zero-order valence-electron chi connectivity index (χ0n) is 15.5. The van der Waals surface area contributed by atoms with Gasteiger partial charge in [0.05, 0.1) is 11.5 Å². The first-order valence-corrected chi connectivity index (χ1v) is 11.0. The summed E-state index contributed by atoms with van der Waals surface area (Å²) in [6.45, 7) is 3.82. The highest BCUT2D eigenvalue weighted by molar-refractivity contribution is 7.91. The van der Waals surface area contributed by atoms with Gasteiger partial charge in [-0.05, 0) is 43.0 Å². The van der Waals surface area contributed by atoms with Crippen molar-refractivity contribution in [1.29, 1.82) is 0 Å². The van der Waals surface area contributed by atoms with Crippen LogP contribution >= 0.6 is 11.6 Å². The van der Waals surface area contributed by atoms with Crippen molar-refractivity contribution < 1.29 is 22.7 Å². The van der Waals surface area contributed by atoms with Crippen LogP contribution < -0.4 is 0 Å². The van der Waals surface area contributed by atoms with Crippen LogP contribution in [0.5, 0.6) is 0 Å². The molecule has 0 radical (unpaired) electrons. The second kappa shape index (κ2) is 9.37. The monoisotopic (exact) mass is 413 g/mol. The number of sulfone groups is 1. The van der Waals surface area contributed by atoms with Crippen LogP contribution in [-0.2, 0) is 24.2 Å². The summed E-state index contributed by atoms with van der Waals surface area (Å²) in [6, 6.07) is 5.05. The third kappa shape index (κ3) is 6.36. The number of rotatable bonds is 7. The molecular formula is C19H24ClNO5S. The van der Waals surface area contributed by atoms with Crippen molar-refractivity contribution in [1.82, 2.24) is 4.90 Å². The Hall–Kier alpha value is -1.86. The van der Waals surface area contributed by atoms with Crippen molar-refractivity contribution in [3.63, 3.8) is 0 Å². The van der Waals surface area contributed by atoms with E-state index in [4.69, 9.17) is 16.3 Å². The lowest BCUT2D eigenvalue weighted by atomic mass is 10.1. The Morgan fingerprint density at radius 1 is 1.37 bits per heavy atom. The highest BCUT2D eigenvalue weighted by Crippen LogP contribution is 2.19. The van der Waals surface area contributed by atoms with Crippen LogP contribution in [0.4, 0.5) is 0 Å². The van der Waals surface area contributed by atoms with Crippen LogP contribution in [0.3, 0.4) is 0 Å². The van der Waals surface area contributed by atoms with Crippen molar-refractivity contribution >= 4 is 39.4 Å². The van der Waals surface area contributed by atoms with Crippen molar-refractivity contribution in [3.8, 4) is 0 Å². The van der Waals surface area contributed by atoms with Gasteiger partial charge in [-0.1, -0.05) is 30.7 Å². The van der Waals surface area contributed by atoms with E-state index in [2.05, 4.69) is 0 Å². The van der Waals surface area contributed by atoms with E-state index in [-0.39, 0.29) is 23.5 Å². The lowest BCUT2D eigenvalue weighted by Gasteiger charge is -2.27. The van der Waals surface area contributed by atoms with E-state index >= 15 is 0 Å². The predicted molar refractivity (Wildman–Crippen MR) is 105 cm³/mol. The van der Waals surface area contributed by atoms with Gasteiger partial charge in [0, 0.05) is 23.7 Å². The zero-order valence-corrected chi connectivity index (χ0v) is 17.1. The molecule has 0 saturated carbocycles. The minimum atomic E-state index is -3.09. The van der Waals surface area contributed by atoms with Crippen LogP contribution in [0.1, 0.15) is 30.9 Å². The maximum Gasteiger partial charge on any atom is 0.331 e. The van der Waals surface area contributed by atoms with Crippen LogP contribution in [0.25, 0.3) is 6.08 Å². The van der Waals surface area contributed by atoms with E-state index in [0.717, 1.165) is 11.1 Å². The third-order valence-corrected chi connectivity index (χ3v) is 6.54. The lowest BCUT2D eigenvalue weighted by Crippen LogP contribution is -2.43. The Labute approximate surface area is 165 Å². The van der Waals surface area contributed by atoms with Crippen LogP contribution in [0.2, 0.25) is 5.02 Å². The first kappa shape index (κ1) is 21.4. The second-order valence-corrected chi connectivity index (χ2v) is 9.23. The van der Waals surface area contributed by atoms with E-state index in [9.17, 15) is 18.0 Å². The minimum absolute atomic E-state index is 0.0270. The predicted octanol–water partition coefficient (Wildman–Crippen LogP) is 2.63. The van der Waals surface area contributed by atoms with Gasteiger partial charge in [0.25, 0.3) is 5.91 Å². The van der Waals surface area contributed by atoms with E-state index in [1.807, 2.05) is 26.0 Å². The fraction of sp³-hybridized carbons (Fsp3) is 0.474. The first-order valence-electron chi connectivity index (χ1n) is 8.82. The number of esters is 1. The van der Waals surface area contributed by atoms with Gasteiger partial charge in [0.1, 0.15) is 0 Å². The first-order chi connectivity index (χ1) is 12.7. The molecule has 1 aliphatic heterocycles. The second-order valence-electron chi connectivity index (χ2n) is 6.59. The normalized spacial score (nSPS) is 18.6. The van der Waals surface area contributed by atoms with E-state index in [0.29, 0.717) is 24.4 Å². The summed E-state index contributed by atoms with van der Waals surface area (Å²) in [5, 5.41) is 0.599. The summed E-state index contributed by atoms with van der Waals surface area (Å²) < 4.78 is 28.3. The minimum Gasteiger partial charge on any atom is -0.452 e. The highest BCUT2D eigenvalue weighted by atomic mass is 35.5. The molecule has 0 N–H and O–H groups in total. The molecule has 1 aromatic rings. The number of halogens is 1. The summed E-state index contributed by atoms with van der Waals surface area (Å²) in [5.41, 5.74) is 1.68. The maximum atomic E-state index is 12.4. The Balaban J connectivity index is 1.91. The largest absolute Gasteiger partial charge is 0.452 e. The molecule has 0 spiro atoms. The number of benzene rings is 1. The van der Waals surface area contributed by atoms with Crippen molar-refractivity contribution in [2.24, 2.45) is 0 Å². The number of carbonyl (C=O) groups is 2. The molecule has 1 fully saturated rings. The average Bonchev–Trinajstić information content (AvgIpc) is 2.98. The molecule has 27 heavy (non-hydrogen) atoms. The number of carbonyl (C=O) groups excluding carboxylic acids is 2. The van der Waals surface area contributed by atoms with Crippen molar-refractivity contribution in [2.45, 2.75) is 32.7 Å². The zero-order chi connectivity index (χ0) is 20.0.